The fraction of sp³-hybridized carbons (Fsp3) is 0. The predicted octanol–water partition coefficient (Wildman–Crippen LogP) is 2.03. The van der Waals surface area contributed by atoms with E-state index in [1.54, 1.807) is 12.5 Å². The van der Waals surface area contributed by atoms with E-state index in [9.17, 15) is 0 Å². The van der Waals surface area contributed by atoms with Crippen molar-refractivity contribution in [3.8, 4) is 0 Å². The van der Waals surface area contributed by atoms with Crippen LogP contribution in [0.3, 0.4) is 0 Å². The lowest BCUT2D eigenvalue weighted by molar-refractivity contribution is 0.478. The maximum Gasteiger partial charge on any atom is 0.296 e. The van der Waals surface area contributed by atoms with Gasteiger partial charge in [-0.1, -0.05) is 0 Å². The van der Waals surface area contributed by atoms with Crippen LogP contribution in [0.25, 0.3) is 11.2 Å². The third kappa shape index (κ3) is 0.320. The van der Waals surface area contributed by atoms with Gasteiger partial charge in [0.2, 0.25) is 0 Å². The van der Waals surface area contributed by atoms with Crippen molar-refractivity contribution in [1.82, 2.24) is 0 Å². The average Bonchev–Trinajstić information content (AvgIpc) is 2.15. The van der Waals surface area contributed by atoms with Gasteiger partial charge in [-0.3, -0.25) is 0 Å². The third-order valence-corrected chi connectivity index (χ3v) is 1.08. The zero-order valence-corrected chi connectivity index (χ0v) is 4.13. The van der Waals surface area contributed by atoms with Crippen molar-refractivity contribution in [1.29, 1.82) is 0 Å². The minimum absolute atomic E-state index is 0.602. The Bertz CT molecular complexity index is 228. The van der Waals surface area contributed by atoms with Crippen LogP contribution in [0.4, 0.5) is 0 Å². The highest BCUT2D eigenvalue weighted by atomic mass is 16.5. The minimum atomic E-state index is 0.602. The number of furan rings is 2. The molecule has 0 aromatic carbocycles. The molecule has 0 aliphatic rings. The first-order valence-electron chi connectivity index (χ1n) is 2.37. The highest BCUT2D eigenvalue weighted by Crippen LogP contribution is 2.14. The first-order valence-corrected chi connectivity index (χ1v) is 2.37. The molecule has 0 aliphatic heterocycles. The quantitative estimate of drug-likeness (QED) is 0.516. The van der Waals surface area contributed by atoms with E-state index in [2.05, 4.69) is 0 Å². The van der Waals surface area contributed by atoms with Crippen LogP contribution in [0, 0.1) is 0 Å². The summed E-state index contributed by atoms with van der Waals surface area (Å²) >= 11 is 0. The first kappa shape index (κ1) is 3.78. The van der Waals surface area contributed by atoms with Gasteiger partial charge in [-0.2, -0.15) is 0 Å². The Morgan fingerprint density at radius 2 is 1.62 bits per heavy atom. The zero-order valence-electron chi connectivity index (χ0n) is 4.13. The number of rotatable bonds is 0. The second kappa shape index (κ2) is 1.15. The first-order chi connectivity index (χ1) is 3.97. The van der Waals surface area contributed by atoms with E-state index in [0.29, 0.717) is 5.78 Å². The Labute approximate surface area is 45.7 Å². The molecule has 2 nitrogen and oxygen atoms in total. The fourth-order valence-corrected chi connectivity index (χ4v) is 0.694. The Hall–Kier alpha value is -1.18. The number of hydrogen-bond acceptors (Lipinski definition) is 2. The summed E-state index contributed by atoms with van der Waals surface area (Å²) in [4.78, 5) is 0. The zero-order chi connectivity index (χ0) is 5.40. The SMILES string of the molecule is c1cc2ccoc2o1. The molecule has 0 N–H and O–H groups in total. The largest absolute Gasteiger partial charge is 0.434 e. The molecule has 2 rings (SSSR count). The van der Waals surface area contributed by atoms with E-state index < -0.39 is 0 Å². The molecule has 0 saturated carbocycles. The van der Waals surface area contributed by atoms with Gasteiger partial charge in [0.25, 0.3) is 5.78 Å². The van der Waals surface area contributed by atoms with E-state index in [1.165, 1.54) is 0 Å². The number of hydrogen-bond donors (Lipinski definition) is 0. The Balaban J connectivity index is 3.06. The molecule has 0 aliphatic carbocycles. The normalized spacial score (nSPS) is 10.5. The van der Waals surface area contributed by atoms with Crippen molar-refractivity contribution in [3.63, 3.8) is 0 Å². The molecule has 0 atom stereocenters. The van der Waals surface area contributed by atoms with Crippen LogP contribution >= 0.6 is 0 Å². The fourth-order valence-electron chi connectivity index (χ4n) is 0.694. The molecule has 0 bridgehead atoms. The molecule has 8 heavy (non-hydrogen) atoms. The summed E-state index contributed by atoms with van der Waals surface area (Å²) in [6, 6.07) is 3.72. The van der Waals surface area contributed by atoms with Gasteiger partial charge in [-0.25, -0.2) is 0 Å². The van der Waals surface area contributed by atoms with Crippen LogP contribution < -0.4 is 0 Å². The van der Waals surface area contributed by atoms with Crippen molar-refractivity contribution >= 4 is 11.2 Å². The molecule has 40 valence electrons. The molecule has 2 aromatic rings. The highest BCUT2D eigenvalue weighted by Gasteiger charge is 1.94. The van der Waals surface area contributed by atoms with Crippen molar-refractivity contribution in [2.45, 2.75) is 0 Å². The smallest absolute Gasteiger partial charge is 0.296 e. The minimum Gasteiger partial charge on any atom is -0.434 e. The van der Waals surface area contributed by atoms with Crippen LogP contribution in [-0.2, 0) is 0 Å². The van der Waals surface area contributed by atoms with Crippen molar-refractivity contribution in [2.24, 2.45) is 0 Å². The Kier molecular flexibility index (Phi) is 0.545. The van der Waals surface area contributed by atoms with Crippen LogP contribution in [0.15, 0.2) is 33.5 Å². The van der Waals surface area contributed by atoms with Gasteiger partial charge in [0.1, 0.15) is 0 Å². The lowest BCUT2D eigenvalue weighted by Gasteiger charge is -1.66. The van der Waals surface area contributed by atoms with E-state index in [0.717, 1.165) is 5.39 Å². The molecule has 0 unspecified atom stereocenters. The molecule has 2 heterocycles. The third-order valence-electron chi connectivity index (χ3n) is 1.08. The lowest BCUT2D eigenvalue weighted by Crippen LogP contribution is -1.38. The van der Waals surface area contributed by atoms with Gasteiger partial charge in [0.15, 0.2) is 0 Å². The van der Waals surface area contributed by atoms with Crippen LogP contribution in [0.1, 0.15) is 0 Å². The summed E-state index contributed by atoms with van der Waals surface area (Å²) < 4.78 is 9.78. The molecule has 2 aromatic heterocycles. The van der Waals surface area contributed by atoms with Gasteiger partial charge >= 0.3 is 0 Å². The van der Waals surface area contributed by atoms with E-state index >= 15 is 0 Å². The summed E-state index contributed by atoms with van der Waals surface area (Å²) in [5.41, 5.74) is 0. The summed E-state index contributed by atoms with van der Waals surface area (Å²) in [6.45, 7) is 0. The van der Waals surface area contributed by atoms with Gasteiger partial charge < -0.3 is 8.83 Å². The molecule has 2 heteroatoms. The average molecular weight is 108 g/mol. The molecule has 0 radical (unpaired) electrons. The maximum absolute atomic E-state index is 4.89. The van der Waals surface area contributed by atoms with Crippen LogP contribution in [0.5, 0.6) is 0 Å². The molecule has 0 fully saturated rings. The Morgan fingerprint density at radius 1 is 1.00 bits per heavy atom. The maximum atomic E-state index is 4.89. The monoisotopic (exact) mass is 108 g/mol. The van der Waals surface area contributed by atoms with Crippen molar-refractivity contribution in [3.05, 3.63) is 24.7 Å². The van der Waals surface area contributed by atoms with Gasteiger partial charge in [-0.15, -0.1) is 0 Å². The summed E-state index contributed by atoms with van der Waals surface area (Å²) in [5.74, 6) is 0.602. The van der Waals surface area contributed by atoms with Crippen molar-refractivity contribution in [2.75, 3.05) is 0 Å². The van der Waals surface area contributed by atoms with Gasteiger partial charge in [0.05, 0.1) is 17.9 Å². The number of fused-ring (bicyclic) bond motifs is 1. The van der Waals surface area contributed by atoms with E-state index in [1.807, 2.05) is 12.1 Å². The summed E-state index contributed by atoms with van der Waals surface area (Å²) in [5, 5.41) is 1.02. The van der Waals surface area contributed by atoms with Crippen LogP contribution in [0.2, 0.25) is 0 Å². The lowest BCUT2D eigenvalue weighted by atomic mass is 10.4. The second-order valence-electron chi connectivity index (χ2n) is 1.58. The molecule has 0 saturated heterocycles. The standard InChI is InChI=1S/C6H4O2/c1-3-7-6-5(1)2-4-8-6/h1-4H. The molecule has 0 amide bonds. The van der Waals surface area contributed by atoms with Crippen molar-refractivity contribution < 1.29 is 8.83 Å². The highest BCUT2D eigenvalue weighted by molar-refractivity contribution is 5.70. The Morgan fingerprint density at radius 3 is 2.12 bits per heavy atom. The van der Waals surface area contributed by atoms with E-state index in [-0.39, 0.29) is 0 Å². The summed E-state index contributed by atoms with van der Waals surface area (Å²) in [6.07, 6.45) is 3.21. The molecule has 0 spiro atoms. The molecular weight excluding hydrogens is 104 g/mol. The summed E-state index contributed by atoms with van der Waals surface area (Å²) in [7, 11) is 0. The predicted molar refractivity (Wildman–Crippen MR) is 28.5 cm³/mol. The van der Waals surface area contributed by atoms with Gasteiger partial charge in [0, 0.05) is 0 Å². The molecular formula is C6H4O2. The second-order valence-corrected chi connectivity index (χ2v) is 1.58. The van der Waals surface area contributed by atoms with Crippen LogP contribution in [-0.4, -0.2) is 0 Å². The topological polar surface area (TPSA) is 26.3 Å². The van der Waals surface area contributed by atoms with E-state index in [4.69, 9.17) is 8.83 Å². The van der Waals surface area contributed by atoms with Gasteiger partial charge in [-0.05, 0) is 12.1 Å².